The fraction of sp³-hybridized carbons (Fsp3) is 0.217. The number of aryl methyl sites for hydroxylation is 1. The average Bonchev–Trinajstić information content (AvgIpc) is 3.41. The van der Waals surface area contributed by atoms with Crippen molar-refractivity contribution in [3.05, 3.63) is 65.4 Å². The van der Waals surface area contributed by atoms with E-state index in [-0.39, 0.29) is 36.9 Å². The summed E-state index contributed by atoms with van der Waals surface area (Å²) in [5.74, 6) is -0.257. The summed E-state index contributed by atoms with van der Waals surface area (Å²) >= 11 is 0. The van der Waals surface area contributed by atoms with Gasteiger partial charge in [-0.05, 0) is 37.3 Å². The van der Waals surface area contributed by atoms with E-state index in [4.69, 9.17) is 9.15 Å². The van der Waals surface area contributed by atoms with Crippen LogP contribution in [0.4, 0.5) is 5.69 Å². The molecular formula is C23H22N4O5. The van der Waals surface area contributed by atoms with Gasteiger partial charge in [0.1, 0.15) is 5.70 Å². The number of nitrogens with one attached hydrogen (secondary N) is 1. The summed E-state index contributed by atoms with van der Waals surface area (Å²) in [5, 5.41) is 20.5. The second-order valence-corrected chi connectivity index (χ2v) is 7.28. The van der Waals surface area contributed by atoms with Gasteiger partial charge in [0, 0.05) is 23.4 Å². The molecule has 3 aromatic rings. The highest BCUT2D eigenvalue weighted by Gasteiger charge is 2.34. The average molecular weight is 434 g/mol. The number of aromatic nitrogens is 2. The van der Waals surface area contributed by atoms with E-state index in [1.807, 2.05) is 37.3 Å². The van der Waals surface area contributed by atoms with Crippen LogP contribution in [0.15, 0.2) is 64.2 Å². The summed E-state index contributed by atoms with van der Waals surface area (Å²) in [6.07, 6.45) is 0. The Kier molecular flexibility index (Phi) is 6.00. The number of carbonyl (C=O) groups excluding carboxylic acids is 2. The molecule has 0 saturated carbocycles. The van der Waals surface area contributed by atoms with Crippen molar-refractivity contribution in [1.82, 2.24) is 15.1 Å². The molecule has 0 bridgehead atoms. The highest BCUT2D eigenvalue weighted by Crippen LogP contribution is 2.28. The first-order chi connectivity index (χ1) is 15.5. The minimum absolute atomic E-state index is 0.0671. The third kappa shape index (κ3) is 4.23. The number of carbonyl (C=O) groups is 2. The minimum Gasteiger partial charge on any atom is -0.466 e. The summed E-state index contributed by atoms with van der Waals surface area (Å²) in [4.78, 5) is 26.3. The molecule has 0 radical (unpaired) electrons. The van der Waals surface area contributed by atoms with Crippen LogP contribution in [-0.2, 0) is 14.3 Å². The Morgan fingerprint density at radius 3 is 2.56 bits per heavy atom. The summed E-state index contributed by atoms with van der Waals surface area (Å²) < 4.78 is 10.6. The fourth-order valence-corrected chi connectivity index (χ4v) is 3.38. The summed E-state index contributed by atoms with van der Waals surface area (Å²) in [7, 11) is 1.26. The van der Waals surface area contributed by atoms with Crippen LogP contribution < -0.4 is 5.32 Å². The molecule has 2 N–H and O–H groups in total. The second-order valence-electron chi connectivity index (χ2n) is 7.28. The number of aliphatic hydroxyl groups is 1. The van der Waals surface area contributed by atoms with Gasteiger partial charge in [0.05, 0.1) is 25.8 Å². The zero-order valence-corrected chi connectivity index (χ0v) is 17.7. The predicted molar refractivity (Wildman–Crippen MR) is 116 cm³/mol. The van der Waals surface area contributed by atoms with E-state index in [0.29, 0.717) is 23.0 Å². The lowest BCUT2D eigenvalue weighted by Crippen LogP contribution is -2.31. The van der Waals surface area contributed by atoms with E-state index >= 15 is 0 Å². The van der Waals surface area contributed by atoms with E-state index in [0.717, 1.165) is 11.1 Å². The van der Waals surface area contributed by atoms with Gasteiger partial charge in [0.2, 0.25) is 11.8 Å². The Morgan fingerprint density at radius 2 is 1.88 bits per heavy atom. The second kappa shape index (κ2) is 9.03. The number of hydrogen-bond acceptors (Lipinski definition) is 8. The molecule has 1 aliphatic rings. The van der Waals surface area contributed by atoms with Crippen molar-refractivity contribution in [2.45, 2.75) is 6.92 Å². The van der Waals surface area contributed by atoms with Crippen LogP contribution in [0.2, 0.25) is 0 Å². The van der Waals surface area contributed by atoms with Gasteiger partial charge in [-0.15, -0.1) is 10.2 Å². The number of aliphatic hydroxyl groups excluding tert-OH is 1. The zero-order valence-electron chi connectivity index (χ0n) is 17.7. The number of rotatable bonds is 7. The first-order valence-corrected chi connectivity index (χ1v) is 9.99. The van der Waals surface area contributed by atoms with Crippen LogP contribution in [0.1, 0.15) is 5.56 Å². The van der Waals surface area contributed by atoms with Crippen molar-refractivity contribution in [3.8, 4) is 22.9 Å². The first-order valence-electron chi connectivity index (χ1n) is 9.99. The van der Waals surface area contributed by atoms with Crippen LogP contribution in [-0.4, -0.2) is 58.9 Å². The lowest BCUT2D eigenvalue weighted by Gasteiger charge is -2.15. The van der Waals surface area contributed by atoms with E-state index in [2.05, 4.69) is 15.5 Å². The Morgan fingerprint density at radius 1 is 1.16 bits per heavy atom. The maximum atomic E-state index is 12.7. The first kappa shape index (κ1) is 21.3. The molecule has 9 heteroatoms. The van der Waals surface area contributed by atoms with Gasteiger partial charge in [-0.3, -0.25) is 4.79 Å². The third-order valence-electron chi connectivity index (χ3n) is 5.06. The number of methoxy groups -OCH3 is 1. The van der Waals surface area contributed by atoms with E-state index in [1.54, 1.807) is 18.2 Å². The molecule has 1 amide bonds. The van der Waals surface area contributed by atoms with Crippen molar-refractivity contribution < 1.29 is 23.8 Å². The molecule has 1 aliphatic heterocycles. The maximum Gasteiger partial charge on any atom is 0.337 e. The number of amides is 1. The number of anilines is 1. The summed E-state index contributed by atoms with van der Waals surface area (Å²) in [6.45, 7) is 1.98. The summed E-state index contributed by atoms with van der Waals surface area (Å²) in [6, 6.07) is 14.8. The zero-order chi connectivity index (χ0) is 22.7. The van der Waals surface area contributed by atoms with Gasteiger partial charge in [0.15, 0.2) is 0 Å². The van der Waals surface area contributed by atoms with Crippen LogP contribution in [0.3, 0.4) is 0 Å². The molecule has 164 valence electrons. The van der Waals surface area contributed by atoms with E-state index in [9.17, 15) is 14.7 Å². The molecule has 0 saturated heterocycles. The molecule has 2 heterocycles. The number of benzene rings is 2. The van der Waals surface area contributed by atoms with E-state index < -0.39 is 5.97 Å². The number of nitrogens with zero attached hydrogens (tertiary/aromatic N) is 3. The third-order valence-corrected chi connectivity index (χ3v) is 5.06. The molecule has 0 fully saturated rings. The fourth-order valence-electron chi connectivity index (χ4n) is 3.38. The number of hydrogen-bond donors (Lipinski definition) is 2. The van der Waals surface area contributed by atoms with Crippen molar-refractivity contribution in [1.29, 1.82) is 0 Å². The number of ether oxygens (including phenoxy) is 1. The molecule has 0 aliphatic carbocycles. The molecular weight excluding hydrogens is 412 g/mol. The smallest absolute Gasteiger partial charge is 0.337 e. The Bertz CT molecular complexity index is 1180. The van der Waals surface area contributed by atoms with Crippen molar-refractivity contribution >= 4 is 17.6 Å². The topological polar surface area (TPSA) is 118 Å². The number of esters is 1. The Hall–Kier alpha value is -3.98. The Labute approximate surface area is 184 Å². The lowest BCUT2D eigenvalue weighted by atomic mass is 10.1. The van der Waals surface area contributed by atoms with Crippen LogP contribution in [0.25, 0.3) is 22.9 Å². The summed E-state index contributed by atoms with van der Waals surface area (Å²) in [5.41, 5.74) is 3.49. The van der Waals surface area contributed by atoms with Crippen LogP contribution >= 0.6 is 0 Å². The molecule has 0 atom stereocenters. The highest BCUT2D eigenvalue weighted by atomic mass is 16.5. The van der Waals surface area contributed by atoms with Gasteiger partial charge in [-0.1, -0.05) is 23.8 Å². The van der Waals surface area contributed by atoms with Crippen molar-refractivity contribution in [2.75, 3.05) is 32.1 Å². The van der Waals surface area contributed by atoms with Gasteiger partial charge in [-0.2, -0.15) is 0 Å². The van der Waals surface area contributed by atoms with Gasteiger partial charge in [-0.25, -0.2) is 4.79 Å². The van der Waals surface area contributed by atoms with E-state index in [1.165, 1.54) is 12.0 Å². The molecule has 0 unspecified atom stereocenters. The molecule has 9 nitrogen and oxygen atoms in total. The van der Waals surface area contributed by atoms with Crippen molar-refractivity contribution in [3.63, 3.8) is 0 Å². The quantitative estimate of drug-likeness (QED) is 0.544. The standard InChI is InChI=1S/C23H22N4O5/c1-14-6-8-15(9-7-14)20-25-26-21(32-20)16-4-3-5-17(12-16)24-19-18(23(30)31-2)13-27(10-11-28)22(19)29/h3-9,12,24,28H,10-11,13H2,1-2H3. The monoisotopic (exact) mass is 434 g/mol. The lowest BCUT2D eigenvalue weighted by molar-refractivity contribution is -0.136. The largest absolute Gasteiger partial charge is 0.466 e. The molecule has 1 aromatic heterocycles. The van der Waals surface area contributed by atoms with Crippen molar-refractivity contribution in [2.24, 2.45) is 0 Å². The molecule has 0 spiro atoms. The normalized spacial score (nSPS) is 13.6. The van der Waals surface area contributed by atoms with Crippen LogP contribution in [0.5, 0.6) is 0 Å². The molecule has 32 heavy (non-hydrogen) atoms. The predicted octanol–water partition coefficient (Wildman–Crippen LogP) is 2.39. The minimum atomic E-state index is -0.600. The van der Waals surface area contributed by atoms with Gasteiger partial charge >= 0.3 is 5.97 Å². The van der Waals surface area contributed by atoms with Gasteiger partial charge < -0.3 is 24.5 Å². The highest BCUT2D eigenvalue weighted by molar-refractivity contribution is 6.08. The van der Waals surface area contributed by atoms with Gasteiger partial charge in [0.25, 0.3) is 5.91 Å². The maximum absolute atomic E-state index is 12.7. The SMILES string of the molecule is COC(=O)C1=C(Nc2cccc(-c3nnc(-c4ccc(C)cc4)o3)c2)C(=O)N(CCO)C1. The molecule has 2 aromatic carbocycles. The Balaban J connectivity index is 1.60. The number of β-amino-alcohol motifs (C(OH)–C–C–N with tert-alkyl or cyclic N) is 1. The van der Waals surface area contributed by atoms with Crippen LogP contribution in [0, 0.1) is 6.92 Å². The molecule has 4 rings (SSSR count).